The number of halogens is 2. The monoisotopic (exact) mass is 448 g/mol. The van der Waals surface area contributed by atoms with E-state index in [-0.39, 0.29) is 40.9 Å². The van der Waals surface area contributed by atoms with Crippen LogP contribution in [0.2, 0.25) is 5.02 Å². The summed E-state index contributed by atoms with van der Waals surface area (Å²) in [5, 5.41) is 2.58. The number of carbonyl (C=O) groups is 3. The zero-order chi connectivity index (χ0) is 22.5. The Kier molecular flexibility index (Phi) is 6.76. The van der Waals surface area contributed by atoms with Gasteiger partial charge in [-0.1, -0.05) is 29.8 Å². The van der Waals surface area contributed by atoms with E-state index in [1.54, 1.807) is 6.07 Å². The van der Waals surface area contributed by atoms with Crippen LogP contribution in [0.1, 0.15) is 11.1 Å². The van der Waals surface area contributed by atoms with Gasteiger partial charge >= 0.3 is 12.0 Å². The Balaban J connectivity index is 1.83. The van der Waals surface area contributed by atoms with E-state index >= 15 is 0 Å². The number of nitrogens with one attached hydrogen (secondary N) is 1. The molecular weight excluding hydrogens is 431 g/mol. The average Bonchev–Trinajstić information content (AvgIpc) is 3.01. The molecule has 0 bridgehead atoms. The number of hydrogen-bond acceptors (Lipinski definition) is 6. The molecule has 0 unspecified atom stereocenters. The highest BCUT2D eigenvalue weighted by molar-refractivity contribution is 6.32. The second kappa shape index (κ2) is 9.48. The van der Waals surface area contributed by atoms with Crippen LogP contribution in [-0.4, -0.2) is 43.6 Å². The van der Waals surface area contributed by atoms with Gasteiger partial charge in [-0.25, -0.2) is 14.0 Å². The summed E-state index contributed by atoms with van der Waals surface area (Å²) < 4.78 is 29.0. The van der Waals surface area contributed by atoms with Crippen molar-refractivity contribution in [3.8, 4) is 11.5 Å². The van der Waals surface area contributed by atoms with Crippen molar-refractivity contribution in [1.29, 1.82) is 0 Å². The van der Waals surface area contributed by atoms with Gasteiger partial charge in [0.2, 0.25) is 0 Å². The number of imide groups is 1. The molecule has 1 aliphatic heterocycles. The summed E-state index contributed by atoms with van der Waals surface area (Å²) in [6.07, 6.45) is 1.40. The van der Waals surface area contributed by atoms with Crippen molar-refractivity contribution in [3.63, 3.8) is 0 Å². The molecule has 1 aliphatic rings. The second-order valence-electron chi connectivity index (χ2n) is 6.37. The summed E-state index contributed by atoms with van der Waals surface area (Å²) in [7, 11) is 2.61. The molecule has 10 heteroatoms. The third kappa shape index (κ3) is 4.95. The molecule has 0 atom stereocenters. The Morgan fingerprint density at radius 2 is 1.97 bits per heavy atom. The highest BCUT2D eigenvalue weighted by Crippen LogP contribution is 2.37. The Labute approximate surface area is 182 Å². The Morgan fingerprint density at radius 1 is 1.23 bits per heavy atom. The van der Waals surface area contributed by atoms with Gasteiger partial charge < -0.3 is 19.5 Å². The average molecular weight is 449 g/mol. The maximum absolute atomic E-state index is 13.9. The summed E-state index contributed by atoms with van der Waals surface area (Å²) in [6, 6.07) is 8.21. The molecule has 1 saturated heterocycles. The molecule has 162 valence electrons. The highest BCUT2D eigenvalue weighted by Gasteiger charge is 2.34. The highest BCUT2D eigenvalue weighted by atomic mass is 35.5. The smallest absolute Gasteiger partial charge is 0.343 e. The van der Waals surface area contributed by atoms with Crippen molar-refractivity contribution in [3.05, 3.63) is 64.1 Å². The summed E-state index contributed by atoms with van der Waals surface area (Å²) in [5.41, 5.74) is 0.635. The number of benzene rings is 2. The van der Waals surface area contributed by atoms with Gasteiger partial charge in [0.1, 0.15) is 11.5 Å². The number of urea groups is 1. The van der Waals surface area contributed by atoms with Crippen LogP contribution >= 0.6 is 11.6 Å². The van der Waals surface area contributed by atoms with Gasteiger partial charge in [0.15, 0.2) is 18.1 Å². The molecule has 1 heterocycles. The van der Waals surface area contributed by atoms with Gasteiger partial charge in [-0.3, -0.25) is 9.69 Å². The quantitative estimate of drug-likeness (QED) is 0.397. The maximum Gasteiger partial charge on any atom is 0.343 e. The molecule has 0 saturated carbocycles. The maximum atomic E-state index is 13.9. The SMILES string of the molecule is COC(=O)COc1c(Cl)cc(/C=C2/NC(=O)N(Cc3ccccc3F)C2=O)cc1OC. The van der Waals surface area contributed by atoms with Crippen LogP contribution in [0.5, 0.6) is 11.5 Å². The molecule has 31 heavy (non-hydrogen) atoms. The molecule has 0 aromatic heterocycles. The van der Waals surface area contributed by atoms with Gasteiger partial charge in [-0.05, 0) is 29.8 Å². The Morgan fingerprint density at radius 3 is 2.65 bits per heavy atom. The third-order valence-electron chi connectivity index (χ3n) is 4.37. The third-order valence-corrected chi connectivity index (χ3v) is 4.65. The van der Waals surface area contributed by atoms with Crippen LogP contribution in [0, 0.1) is 5.82 Å². The van der Waals surface area contributed by atoms with Gasteiger partial charge in [0.25, 0.3) is 5.91 Å². The first-order valence-electron chi connectivity index (χ1n) is 8.99. The van der Waals surface area contributed by atoms with Crippen LogP contribution < -0.4 is 14.8 Å². The number of ether oxygens (including phenoxy) is 3. The van der Waals surface area contributed by atoms with E-state index in [1.807, 2.05) is 0 Å². The lowest BCUT2D eigenvalue weighted by Crippen LogP contribution is -2.30. The lowest BCUT2D eigenvalue weighted by Gasteiger charge is -2.13. The molecule has 3 rings (SSSR count). The van der Waals surface area contributed by atoms with Crippen LogP contribution in [0.4, 0.5) is 9.18 Å². The van der Waals surface area contributed by atoms with E-state index in [2.05, 4.69) is 10.1 Å². The summed E-state index contributed by atoms with van der Waals surface area (Å²) in [4.78, 5) is 37.1. The number of amides is 3. The Hall–Kier alpha value is -3.59. The van der Waals surface area contributed by atoms with E-state index in [9.17, 15) is 18.8 Å². The normalized spacial score (nSPS) is 14.6. The standard InChI is InChI=1S/C21H18ClFN2O6/c1-29-17-9-12(7-14(22)19(17)31-11-18(26)30-2)8-16-20(27)25(21(28)24-16)10-13-5-3-4-6-15(13)23/h3-9H,10-11H2,1-2H3,(H,24,28)/b16-8+. The minimum absolute atomic E-state index is 0.0114. The molecule has 0 radical (unpaired) electrons. The summed E-state index contributed by atoms with van der Waals surface area (Å²) in [6.45, 7) is -0.578. The van der Waals surface area contributed by atoms with Crippen molar-refractivity contribution < 1.29 is 33.0 Å². The number of esters is 1. The van der Waals surface area contributed by atoms with Crippen LogP contribution in [-0.2, 0) is 20.9 Å². The van der Waals surface area contributed by atoms with Crippen molar-refractivity contribution in [2.45, 2.75) is 6.54 Å². The first-order valence-corrected chi connectivity index (χ1v) is 9.37. The molecular formula is C21H18ClFN2O6. The lowest BCUT2D eigenvalue weighted by molar-refractivity contribution is -0.142. The van der Waals surface area contributed by atoms with Crippen molar-refractivity contribution >= 4 is 35.6 Å². The molecule has 2 aromatic carbocycles. The zero-order valence-electron chi connectivity index (χ0n) is 16.6. The molecule has 8 nitrogen and oxygen atoms in total. The lowest BCUT2D eigenvalue weighted by atomic mass is 10.1. The Bertz CT molecular complexity index is 1070. The second-order valence-corrected chi connectivity index (χ2v) is 6.78. The van der Waals surface area contributed by atoms with Crippen LogP contribution in [0.25, 0.3) is 6.08 Å². The van der Waals surface area contributed by atoms with E-state index in [1.165, 1.54) is 50.6 Å². The topological polar surface area (TPSA) is 94.2 Å². The van der Waals surface area contributed by atoms with Crippen molar-refractivity contribution in [2.24, 2.45) is 0 Å². The first kappa shape index (κ1) is 22.1. The number of rotatable bonds is 7. The van der Waals surface area contributed by atoms with Crippen LogP contribution in [0.3, 0.4) is 0 Å². The molecule has 3 amide bonds. The van der Waals surface area contributed by atoms with Crippen LogP contribution in [0.15, 0.2) is 42.1 Å². The predicted molar refractivity (Wildman–Crippen MR) is 109 cm³/mol. The number of methoxy groups -OCH3 is 2. The number of nitrogens with zero attached hydrogens (tertiary/aromatic N) is 1. The van der Waals surface area contributed by atoms with E-state index in [0.29, 0.717) is 5.56 Å². The number of hydrogen-bond donors (Lipinski definition) is 1. The molecule has 0 spiro atoms. The fourth-order valence-electron chi connectivity index (χ4n) is 2.83. The fraction of sp³-hybridized carbons (Fsp3) is 0.190. The summed E-state index contributed by atoms with van der Waals surface area (Å²) >= 11 is 6.23. The molecule has 2 aromatic rings. The van der Waals surface area contributed by atoms with Gasteiger partial charge in [0, 0.05) is 5.56 Å². The molecule has 1 N–H and O–H groups in total. The molecule has 0 aliphatic carbocycles. The zero-order valence-corrected chi connectivity index (χ0v) is 17.4. The first-order chi connectivity index (χ1) is 14.8. The van der Waals surface area contributed by atoms with E-state index in [0.717, 1.165) is 4.90 Å². The minimum Gasteiger partial charge on any atom is -0.493 e. The van der Waals surface area contributed by atoms with Gasteiger partial charge in [-0.2, -0.15) is 0 Å². The largest absolute Gasteiger partial charge is 0.493 e. The minimum atomic E-state index is -0.671. The summed E-state index contributed by atoms with van der Waals surface area (Å²) in [5.74, 6) is -1.39. The fourth-order valence-corrected chi connectivity index (χ4v) is 3.11. The van der Waals surface area contributed by atoms with Crippen molar-refractivity contribution in [1.82, 2.24) is 10.2 Å². The van der Waals surface area contributed by atoms with E-state index < -0.39 is 23.7 Å². The van der Waals surface area contributed by atoms with Gasteiger partial charge in [0.05, 0.1) is 25.8 Å². The predicted octanol–water partition coefficient (Wildman–Crippen LogP) is 3.13. The molecule has 1 fully saturated rings. The van der Waals surface area contributed by atoms with E-state index in [4.69, 9.17) is 21.1 Å². The van der Waals surface area contributed by atoms with Crippen molar-refractivity contribution in [2.75, 3.05) is 20.8 Å². The number of carbonyl (C=O) groups excluding carboxylic acids is 3. The van der Waals surface area contributed by atoms with Gasteiger partial charge in [-0.15, -0.1) is 0 Å².